The molecule has 2 heterocycles. The van der Waals surface area contributed by atoms with E-state index in [-0.39, 0.29) is 11.0 Å². The first kappa shape index (κ1) is 19.3. The summed E-state index contributed by atoms with van der Waals surface area (Å²) in [5, 5.41) is 2.72. The molecule has 3 rings (SSSR count). The number of nitrogens with one attached hydrogen (secondary N) is 1. The Kier molecular flexibility index (Phi) is 5.50. The van der Waals surface area contributed by atoms with Gasteiger partial charge in [0.15, 0.2) is 0 Å². The summed E-state index contributed by atoms with van der Waals surface area (Å²) in [4.78, 5) is 30.6. The lowest BCUT2D eigenvalue weighted by molar-refractivity contribution is -0.142. The van der Waals surface area contributed by atoms with Crippen molar-refractivity contribution in [1.29, 1.82) is 0 Å². The SMILES string of the molecule is C[C@@H](C(=O)NCCN1CCCC1)n1c(=O)c(C(F)(F)F)nc2ccccc21. The van der Waals surface area contributed by atoms with Crippen molar-refractivity contribution in [3.63, 3.8) is 0 Å². The van der Waals surface area contributed by atoms with E-state index in [4.69, 9.17) is 0 Å². The lowest BCUT2D eigenvalue weighted by Crippen LogP contribution is -2.41. The Labute approximate surface area is 154 Å². The summed E-state index contributed by atoms with van der Waals surface area (Å²) in [7, 11) is 0. The fourth-order valence-electron chi connectivity index (χ4n) is 3.33. The van der Waals surface area contributed by atoms with E-state index >= 15 is 0 Å². The van der Waals surface area contributed by atoms with Gasteiger partial charge in [-0.1, -0.05) is 12.1 Å². The molecule has 1 saturated heterocycles. The van der Waals surface area contributed by atoms with Gasteiger partial charge in [-0.3, -0.25) is 14.2 Å². The molecule has 1 amide bonds. The zero-order valence-corrected chi connectivity index (χ0v) is 14.9. The van der Waals surface area contributed by atoms with Gasteiger partial charge in [0.1, 0.15) is 6.04 Å². The van der Waals surface area contributed by atoms with Crippen LogP contribution in [0, 0.1) is 0 Å². The molecule has 1 fully saturated rings. The molecular formula is C18H21F3N4O2. The quantitative estimate of drug-likeness (QED) is 0.861. The predicted octanol–water partition coefficient (Wildman–Crippen LogP) is 2.19. The number of likely N-dealkylation sites (tertiary alicyclic amines) is 1. The second-order valence-corrected chi connectivity index (χ2v) is 6.64. The van der Waals surface area contributed by atoms with Crippen LogP contribution >= 0.6 is 0 Å². The molecule has 27 heavy (non-hydrogen) atoms. The molecule has 0 aliphatic carbocycles. The summed E-state index contributed by atoms with van der Waals surface area (Å²) >= 11 is 0. The summed E-state index contributed by atoms with van der Waals surface area (Å²) < 4.78 is 40.5. The number of hydrogen-bond acceptors (Lipinski definition) is 4. The molecule has 0 unspecified atom stereocenters. The number of halogens is 3. The second kappa shape index (κ2) is 7.67. The lowest BCUT2D eigenvalue weighted by Gasteiger charge is -2.20. The molecule has 0 saturated carbocycles. The number of carbonyl (C=O) groups excluding carboxylic acids is 1. The van der Waals surface area contributed by atoms with Crippen molar-refractivity contribution in [2.24, 2.45) is 0 Å². The average Bonchev–Trinajstić information content (AvgIpc) is 3.13. The molecule has 1 aromatic heterocycles. The van der Waals surface area contributed by atoms with Crippen LogP contribution < -0.4 is 10.9 Å². The van der Waals surface area contributed by atoms with Gasteiger partial charge < -0.3 is 10.2 Å². The number of benzene rings is 1. The molecule has 0 radical (unpaired) electrons. The molecule has 1 atom stereocenters. The zero-order valence-electron chi connectivity index (χ0n) is 14.9. The maximum atomic E-state index is 13.2. The lowest BCUT2D eigenvalue weighted by atomic mass is 10.2. The molecular weight excluding hydrogens is 361 g/mol. The van der Waals surface area contributed by atoms with Gasteiger partial charge in [-0.05, 0) is 45.0 Å². The summed E-state index contributed by atoms with van der Waals surface area (Å²) in [5.74, 6) is -0.499. The van der Waals surface area contributed by atoms with Gasteiger partial charge in [-0.25, -0.2) is 4.98 Å². The monoisotopic (exact) mass is 382 g/mol. The predicted molar refractivity (Wildman–Crippen MR) is 94.4 cm³/mol. The van der Waals surface area contributed by atoms with Gasteiger partial charge in [0, 0.05) is 13.1 Å². The van der Waals surface area contributed by atoms with Crippen molar-refractivity contribution < 1.29 is 18.0 Å². The Hall–Kier alpha value is -2.42. The maximum Gasteiger partial charge on any atom is 0.438 e. The highest BCUT2D eigenvalue weighted by atomic mass is 19.4. The number of amides is 1. The van der Waals surface area contributed by atoms with Crippen molar-refractivity contribution in [2.45, 2.75) is 32.0 Å². The van der Waals surface area contributed by atoms with Gasteiger partial charge in [0.05, 0.1) is 11.0 Å². The molecule has 0 spiro atoms. The van der Waals surface area contributed by atoms with Crippen LogP contribution in [0.4, 0.5) is 13.2 Å². The third-order valence-corrected chi connectivity index (χ3v) is 4.76. The minimum Gasteiger partial charge on any atom is -0.353 e. The highest BCUT2D eigenvalue weighted by Gasteiger charge is 2.38. The van der Waals surface area contributed by atoms with Crippen molar-refractivity contribution in [1.82, 2.24) is 19.8 Å². The fourth-order valence-corrected chi connectivity index (χ4v) is 3.33. The van der Waals surface area contributed by atoms with Crippen molar-refractivity contribution in [3.8, 4) is 0 Å². The molecule has 2 aromatic rings. The van der Waals surface area contributed by atoms with E-state index < -0.39 is 29.4 Å². The highest BCUT2D eigenvalue weighted by Crippen LogP contribution is 2.27. The molecule has 9 heteroatoms. The van der Waals surface area contributed by atoms with Crippen LogP contribution in [-0.2, 0) is 11.0 Å². The third kappa shape index (κ3) is 4.13. The van der Waals surface area contributed by atoms with Crippen LogP contribution in [0.15, 0.2) is 29.1 Å². The highest BCUT2D eigenvalue weighted by molar-refractivity contribution is 5.83. The van der Waals surface area contributed by atoms with Crippen molar-refractivity contribution in [3.05, 3.63) is 40.3 Å². The minimum atomic E-state index is -4.89. The first-order valence-corrected chi connectivity index (χ1v) is 8.87. The maximum absolute atomic E-state index is 13.2. The summed E-state index contributed by atoms with van der Waals surface area (Å²) in [6.45, 7) is 4.44. The Morgan fingerprint density at radius 1 is 1.26 bits per heavy atom. The third-order valence-electron chi connectivity index (χ3n) is 4.76. The fraction of sp³-hybridized carbons (Fsp3) is 0.500. The van der Waals surface area contributed by atoms with E-state index in [0.29, 0.717) is 13.1 Å². The van der Waals surface area contributed by atoms with Gasteiger partial charge >= 0.3 is 6.18 Å². The number of rotatable bonds is 5. The van der Waals surface area contributed by atoms with E-state index in [0.717, 1.165) is 30.5 Å². The standard InChI is InChI=1S/C18H21F3N4O2/c1-12(16(26)22-8-11-24-9-4-5-10-24)25-14-7-3-2-6-13(14)23-15(17(25)27)18(19,20)21/h2-3,6-7,12H,4-5,8-11H2,1H3,(H,22,26)/t12-/m0/s1. The van der Waals surface area contributed by atoms with E-state index in [9.17, 15) is 22.8 Å². The molecule has 1 aromatic carbocycles. The molecule has 1 aliphatic heterocycles. The summed E-state index contributed by atoms with van der Waals surface area (Å²) in [5.41, 5.74) is -2.62. The molecule has 6 nitrogen and oxygen atoms in total. The van der Waals surface area contributed by atoms with Crippen LogP contribution in [0.25, 0.3) is 11.0 Å². The Morgan fingerprint density at radius 2 is 1.93 bits per heavy atom. The first-order chi connectivity index (χ1) is 12.8. The summed E-state index contributed by atoms with van der Waals surface area (Å²) in [6, 6.07) is 4.90. The number of hydrogen-bond donors (Lipinski definition) is 1. The average molecular weight is 382 g/mol. The van der Waals surface area contributed by atoms with Gasteiger partial charge in [-0.2, -0.15) is 13.2 Å². The van der Waals surface area contributed by atoms with Crippen molar-refractivity contribution in [2.75, 3.05) is 26.2 Å². The Bertz CT molecular complexity index is 888. The van der Waals surface area contributed by atoms with Crippen LogP contribution in [-0.4, -0.2) is 46.5 Å². The van der Waals surface area contributed by atoms with Crippen LogP contribution in [0.1, 0.15) is 31.5 Å². The van der Waals surface area contributed by atoms with Gasteiger partial charge in [-0.15, -0.1) is 0 Å². The smallest absolute Gasteiger partial charge is 0.353 e. The van der Waals surface area contributed by atoms with Crippen molar-refractivity contribution >= 4 is 16.9 Å². The van der Waals surface area contributed by atoms with Gasteiger partial charge in [0.25, 0.3) is 5.56 Å². The Morgan fingerprint density at radius 3 is 2.59 bits per heavy atom. The van der Waals surface area contributed by atoms with E-state index in [1.807, 2.05) is 0 Å². The van der Waals surface area contributed by atoms with Crippen LogP contribution in [0.5, 0.6) is 0 Å². The number of nitrogens with zero attached hydrogens (tertiary/aromatic N) is 3. The number of alkyl halides is 3. The van der Waals surface area contributed by atoms with E-state index in [1.54, 1.807) is 6.07 Å². The van der Waals surface area contributed by atoms with E-state index in [1.165, 1.54) is 25.1 Å². The van der Waals surface area contributed by atoms with E-state index in [2.05, 4.69) is 15.2 Å². The normalized spacial score (nSPS) is 16.6. The first-order valence-electron chi connectivity index (χ1n) is 8.87. The number of fused-ring (bicyclic) bond motifs is 1. The van der Waals surface area contributed by atoms with Crippen LogP contribution in [0.2, 0.25) is 0 Å². The van der Waals surface area contributed by atoms with Crippen LogP contribution in [0.3, 0.4) is 0 Å². The summed E-state index contributed by atoms with van der Waals surface area (Å²) in [6.07, 6.45) is -2.64. The topological polar surface area (TPSA) is 67.2 Å². The number of aromatic nitrogens is 2. The minimum absolute atomic E-state index is 0.0149. The molecule has 1 N–H and O–H groups in total. The second-order valence-electron chi connectivity index (χ2n) is 6.64. The van der Waals surface area contributed by atoms with Gasteiger partial charge in [0.2, 0.25) is 11.6 Å². The number of carbonyl (C=O) groups is 1. The largest absolute Gasteiger partial charge is 0.438 e. The molecule has 0 bridgehead atoms. The zero-order chi connectivity index (χ0) is 19.6. The molecule has 146 valence electrons. The molecule has 1 aliphatic rings. The Balaban J connectivity index is 1.88. The number of para-hydroxylation sites is 2.